The Kier molecular flexibility index (Phi) is 6.74. The van der Waals surface area contributed by atoms with Crippen LogP contribution in [0.5, 0.6) is 0 Å². The molecule has 0 radical (unpaired) electrons. The van der Waals surface area contributed by atoms with Crippen molar-refractivity contribution in [1.29, 1.82) is 0 Å². The fourth-order valence-electron chi connectivity index (χ4n) is 2.49. The molecule has 0 amide bonds. The number of esters is 1. The first kappa shape index (κ1) is 22.9. The highest BCUT2D eigenvalue weighted by Gasteiger charge is 2.20. The van der Waals surface area contributed by atoms with Crippen LogP contribution in [-0.4, -0.2) is 24.6 Å². The summed E-state index contributed by atoms with van der Waals surface area (Å²) in [4.78, 5) is 24.8. The number of nitrogens with zero attached hydrogens (tertiary/aromatic N) is 1. The molecular weight excluding hydrogens is 423 g/mol. The predicted octanol–water partition coefficient (Wildman–Crippen LogP) is 3.23. The van der Waals surface area contributed by atoms with Gasteiger partial charge in [-0.25, -0.2) is 12.8 Å². The van der Waals surface area contributed by atoms with E-state index in [0.717, 1.165) is 16.7 Å². The normalized spacial score (nSPS) is 11.9. The molecule has 0 bridgehead atoms. The molecule has 0 unspecified atom stereocenters. The zero-order valence-corrected chi connectivity index (χ0v) is 18.0. The number of hydrogen-bond acceptors (Lipinski definition) is 5. The minimum absolute atomic E-state index is 0.0402. The van der Waals surface area contributed by atoms with Gasteiger partial charge in [0, 0.05) is 10.7 Å². The second kappa shape index (κ2) is 8.54. The van der Waals surface area contributed by atoms with Crippen molar-refractivity contribution in [2.45, 2.75) is 45.6 Å². The zero-order valence-electron chi connectivity index (χ0n) is 16.5. The first-order valence-corrected chi connectivity index (χ1v) is 10.7. The van der Waals surface area contributed by atoms with Crippen molar-refractivity contribution < 1.29 is 22.3 Å². The van der Waals surface area contributed by atoms with Gasteiger partial charge in [0.2, 0.25) is 10.0 Å². The number of rotatable bonds is 6. The van der Waals surface area contributed by atoms with Crippen LogP contribution in [0, 0.1) is 12.7 Å². The quantitative estimate of drug-likeness (QED) is 0.690. The van der Waals surface area contributed by atoms with E-state index in [1.165, 1.54) is 18.2 Å². The number of carbonyl (C=O) groups excluding carboxylic acids is 1. The average molecular weight is 445 g/mol. The maximum Gasteiger partial charge on any atom is 0.326 e. The number of carbonyl (C=O) groups is 1. The van der Waals surface area contributed by atoms with Crippen LogP contribution in [0.25, 0.3) is 0 Å². The van der Waals surface area contributed by atoms with Crippen LogP contribution in [0.15, 0.2) is 35.1 Å². The van der Waals surface area contributed by atoms with Crippen molar-refractivity contribution in [2.75, 3.05) is 4.72 Å². The Morgan fingerprint density at radius 1 is 1.24 bits per heavy atom. The summed E-state index contributed by atoms with van der Waals surface area (Å²) in [6.07, 6.45) is 0. The molecule has 0 atom stereocenters. The van der Waals surface area contributed by atoms with Gasteiger partial charge < -0.3 is 4.74 Å². The van der Waals surface area contributed by atoms with E-state index < -0.39 is 38.7 Å². The first-order chi connectivity index (χ1) is 13.3. The van der Waals surface area contributed by atoms with Crippen LogP contribution < -0.4 is 10.3 Å². The molecule has 0 saturated heterocycles. The van der Waals surface area contributed by atoms with Gasteiger partial charge in [-0.3, -0.25) is 18.9 Å². The summed E-state index contributed by atoms with van der Waals surface area (Å²) in [7, 11) is -4.02. The van der Waals surface area contributed by atoms with Gasteiger partial charge in [0.15, 0.2) is 0 Å². The number of aryl methyl sites for hydroxylation is 1. The number of hydrogen-bond donors (Lipinski definition) is 1. The van der Waals surface area contributed by atoms with Gasteiger partial charge in [0.1, 0.15) is 23.7 Å². The molecule has 0 aliphatic heterocycles. The Balaban J connectivity index is 2.26. The first-order valence-electron chi connectivity index (χ1n) is 8.64. The smallest absolute Gasteiger partial charge is 0.326 e. The number of pyridine rings is 1. The molecule has 2 rings (SSSR count). The van der Waals surface area contributed by atoms with Gasteiger partial charge in [-0.2, -0.15) is 0 Å². The number of anilines is 1. The van der Waals surface area contributed by atoms with Gasteiger partial charge in [-0.05, 0) is 57.5 Å². The standard InChI is InChI=1S/C19H22ClFN2O5S/c1-12-5-8-16(18(25)23(12)10-17(24)28-19(2,3)4)22-29(26,27)11-13-6-7-14(21)9-15(13)20/h5-9,22H,10-11H2,1-4H3. The minimum Gasteiger partial charge on any atom is -0.459 e. The lowest BCUT2D eigenvalue weighted by atomic mass is 10.2. The number of nitrogens with one attached hydrogen (secondary N) is 1. The van der Waals surface area contributed by atoms with Crippen molar-refractivity contribution in [2.24, 2.45) is 0 Å². The SMILES string of the molecule is Cc1ccc(NS(=O)(=O)Cc2ccc(F)cc2Cl)c(=O)n1CC(=O)OC(C)(C)C. The van der Waals surface area contributed by atoms with Crippen LogP contribution in [-0.2, 0) is 31.9 Å². The summed E-state index contributed by atoms with van der Waals surface area (Å²) in [6, 6.07) is 6.18. The highest BCUT2D eigenvalue weighted by Crippen LogP contribution is 2.20. The van der Waals surface area contributed by atoms with Crippen LogP contribution >= 0.6 is 11.6 Å². The summed E-state index contributed by atoms with van der Waals surface area (Å²) < 4.78 is 46.6. The van der Waals surface area contributed by atoms with E-state index in [4.69, 9.17) is 16.3 Å². The maximum atomic E-state index is 13.1. The fourth-order valence-corrected chi connectivity index (χ4v) is 4.03. The Hall–Kier alpha value is -2.39. The summed E-state index contributed by atoms with van der Waals surface area (Å²) in [6.45, 7) is 6.35. The number of benzene rings is 1. The number of aromatic nitrogens is 1. The number of halogens is 2. The third-order valence-corrected chi connectivity index (χ3v) is 5.30. The Morgan fingerprint density at radius 3 is 2.48 bits per heavy atom. The van der Waals surface area contributed by atoms with Crippen LogP contribution in [0.3, 0.4) is 0 Å². The molecule has 29 heavy (non-hydrogen) atoms. The summed E-state index contributed by atoms with van der Waals surface area (Å²) in [5.74, 6) is -1.76. The second-order valence-electron chi connectivity index (χ2n) is 7.46. The largest absolute Gasteiger partial charge is 0.459 e. The predicted molar refractivity (Wildman–Crippen MR) is 109 cm³/mol. The lowest BCUT2D eigenvalue weighted by Crippen LogP contribution is -2.33. The van der Waals surface area contributed by atoms with E-state index in [1.54, 1.807) is 27.7 Å². The van der Waals surface area contributed by atoms with E-state index in [2.05, 4.69) is 4.72 Å². The molecule has 7 nitrogen and oxygen atoms in total. The van der Waals surface area contributed by atoms with Crippen molar-refractivity contribution in [3.05, 3.63) is 62.8 Å². The number of ether oxygens (including phenoxy) is 1. The van der Waals surface area contributed by atoms with Crippen molar-refractivity contribution >= 4 is 33.3 Å². The van der Waals surface area contributed by atoms with E-state index in [9.17, 15) is 22.4 Å². The van der Waals surface area contributed by atoms with Crippen LogP contribution in [0.1, 0.15) is 32.0 Å². The van der Waals surface area contributed by atoms with E-state index in [1.807, 2.05) is 0 Å². The van der Waals surface area contributed by atoms with Gasteiger partial charge in [-0.1, -0.05) is 17.7 Å². The molecule has 0 saturated carbocycles. The molecule has 0 spiro atoms. The minimum atomic E-state index is -4.02. The van der Waals surface area contributed by atoms with Crippen molar-refractivity contribution in [1.82, 2.24) is 4.57 Å². The molecule has 10 heteroatoms. The third kappa shape index (κ3) is 6.57. The fraction of sp³-hybridized carbons (Fsp3) is 0.368. The van der Waals surface area contributed by atoms with Gasteiger partial charge in [-0.15, -0.1) is 0 Å². The third-order valence-electron chi connectivity index (χ3n) is 3.73. The topological polar surface area (TPSA) is 94.5 Å². The molecule has 1 aromatic heterocycles. The second-order valence-corrected chi connectivity index (χ2v) is 9.59. The molecule has 0 fully saturated rings. The Morgan fingerprint density at radius 2 is 1.90 bits per heavy atom. The average Bonchev–Trinajstić information content (AvgIpc) is 2.55. The summed E-state index contributed by atoms with van der Waals surface area (Å²) in [5.41, 5.74) is -0.989. The van der Waals surface area contributed by atoms with Crippen molar-refractivity contribution in [3.63, 3.8) is 0 Å². The highest BCUT2D eigenvalue weighted by molar-refractivity contribution is 7.91. The van der Waals surface area contributed by atoms with Crippen LogP contribution in [0.4, 0.5) is 10.1 Å². The molecule has 158 valence electrons. The van der Waals surface area contributed by atoms with E-state index in [-0.39, 0.29) is 22.8 Å². The van der Waals surface area contributed by atoms with Gasteiger partial charge in [0.25, 0.3) is 5.56 Å². The lowest BCUT2D eigenvalue weighted by molar-refractivity contribution is -0.155. The molecule has 0 aliphatic carbocycles. The zero-order chi connectivity index (χ0) is 22.0. The monoisotopic (exact) mass is 444 g/mol. The summed E-state index contributed by atoms with van der Waals surface area (Å²) in [5, 5.41) is -0.0402. The molecule has 1 aromatic carbocycles. The number of sulfonamides is 1. The molecule has 2 aromatic rings. The maximum absolute atomic E-state index is 13.1. The van der Waals surface area contributed by atoms with Crippen molar-refractivity contribution in [3.8, 4) is 0 Å². The van der Waals surface area contributed by atoms with Crippen LogP contribution in [0.2, 0.25) is 5.02 Å². The molecule has 1 heterocycles. The lowest BCUT2D eigenvalue weighted by Gasteiger charge is -2.20. The van der Waals surface area contributed by atoms with Gasteiger partial charge in [0.05, 0.1) is 5.75 Å². The molecular formula is C19H22ClFN2O5S. The van der Waals surface area contributed by atoms with Gasteiger partial charge >= 0.3 is 5.97 Å². The van der Waals surface area contributed by atoms with E-state index in [0.29, 0.717) is 5.69 Å². The summed E-state index contributed by atoms with van der Waals surface area (Å²) >= 11 is 5.88. The molecule has 0 aliphatic rings. The Labute approximate surface area is 173 Å². The highest BCUT2D eigenvalue weighted by atomic mass is 35.5. The Bertz CT molecular complexity index is 1090. The van der Waals surface area contributed by atoms with E-state index >= 15 is 0 Å². The molecule has 1 N–H and O–H groups in total.